The highest BCUT2D eigenvalue weighted by atomic mass is 35.5. The second-order valence-electron chi connectivity index (χ2n) is 5.10. The number of halogens is 1. The third-order valence-electron chi connectivity index (χ3n) is 3.27. The highest BCUT2D eigenvalue weighted by Gasteiger charge is 2.06. The lowest BCUT2D eigenvalue weighted by Crippen LogP contribution is -2.18. The number of anilines is 1. The van der Waals surface area contributed by atoms with Gasteiger partial charge in [-0.25, -0.2) is 0 Å². The minimum atomic E-state index is 0.0212. The van der Waals surface area contributed by atoms with Gasteiger partial charge in [0, 0.05) is 23.0 Å². The van der Waals surface area contributed by atoms with E-state index in [0.29, 0.717) is 5.75 Å². The highest BCUT2D eigenvalue weighted by molar-refractivity contribution is 7.99. The van der Waals surface area contributed by atoms with E-state index in [0.717, 1.165) is 35.1 Å². The van der Waals surface area contributed by atoms with Gasteiger partial charge in [0.05, 0.1) is 5.75 Å². The molecule has 0 aliphatic carbocycles. The Morgan fingerprint density at radius 2 is 1.87 bits per heavy atom. The highest BCUT2D eigenvalue weighted by Crippen LogP contribution is 2.18. The molecule has 0 heterocycles. The SMILES string of the molecule is CCNCc1ccccc1NC(=O)CSCc1ccc(Cl)cc1. The van der Waals surface area contributed by atoms with Gasteiger partial charge in [0.15, 0.2) is 0 Å². The van der Waals surface area contributed by atoms with E-state index in [1.807, 2.05) is 48.5 Å². The van der Waals surface area contributed by atoms with Gasteiger partial charge in [-0.2, -0.15) is 0 Å². The first-order chi connectivity index (χ1) is 11.2. The molecule has 1 amide bonds. The molecule has 0 saturated heterocycles. The van der Waals surface area contributed by atoms with Crippen LogP contribution in [0.25, 0.3) is 0 Å². The van der Waals surface area contributed by atoms with Crippen LogP contribution in [0.2, 0.25) is 5.02 Å². The van der Waals surface area contributed by atoms with Gasteiger partial charge >= 0.3 is 0 Å². The average molecular weight is 349 g/mol. The summed E-state index contributed by atoms with van der Waals surface area (Å²) in [7, 11) is 0. The topological polar surface area (TPSA) is 41.1 Å². The summed E-state index contributed by atoms with van der Waals surface area (Å²) in [6.45, 7) is 3.72. The molecule has 0 spiro atoms. The summed E-state index contributed by atoms with van der Waals surface area (Å²) in [5, 5.41) is 7.00. The van der Waals surface area contributed by atoms with Crippen molar-refractivity contribution in [3.8, 4) is 0 Å². The first-order valence-corrected chi connectivity index (χ1v) is 9.13. The molecule has 2 rings (SSSR count). The molecule has 2 aromatic rings. The van der Waals surface area contributed by atoms with Gasteiger partial charge in [0.25, 0.3) is 0 Å². The normalized spacial score (nSPS) is 10.5. The Hall–Kier alpha value is -1.49. The molecular formula is C18H21ClN2OS. The number of carbonyl (C=O) groups is 1. The van der Waals surface area contributed by atoms with Gasteiger partial charge in [-0.1, -0.05) is 48.9 Å². The van der Waals surface area contributed by atoms with Crippen molar-refractivity contribution in [2.45, 2.75) is 19.2 Å². The fourth-order valence-corrected chi connectivity index (χ4v) is 3.00. The second kappa shape index (κ2) is 9.60. The molecule has 0 aliphatic rings. The first-order valence-electron chi connectivity index (χ1n) is 7.59. The molecule has 3 nitrogen and oxygen atoms in total. The zero-order valence-electron chi connectivity index (χ0n) is 13.1. The van der Waals surface area contributed by atoms with Crippen molar-refractivity contribution in [3.05, 3.63) is 64.7 Å². The van der Waals surface area contributed by atoms with E-state index in [4.69, 9.17) is 11.6 Å². The summed E-state index contributed by atoms with van der Waals surface area (Å²) < 4.78 is 0. The summed E-state index contributed by atoms with van der Waals surface area (Å²) >= 11 is 7.45. The molecule has 122 valence electrons. The van der Waals surface area contributed by atoms with Crippen molar-refractivity contribution in [3.63, 3.8) is 0 Å². The van der Waals surface area contributed by atoms with E-state index in [2.05, 4.69) is 17.6 Å². The number of nitrogens with one attached hydrogen (secondary N) is 2. The maximum atomic E-state index is 12.1. The van der Waals surface area contributed by atoms with Gasteiger partial charge < -0.3 is 10.6 Å². The molecule has 0 aliphatic heterocycles. The van der Waals surface area contributed by atoms with Crippen LogP contribution in [0.1, 0.15) is 18.1 Å². The van der Waals surface area contributed by atoms with E-state index in [1.54, 1.807) is 11.8 Å². The van der Waals surface area contributed by atoms with Crippen LogP contribution in [0.5, 0.6) is 0 Å². The maximum Gasteiger partial charge on any atom is 0.234 e. The minimum absolute atomic E-state index is 0.0212. The monoisotopic (exact) mass is 348 g/mol. The Labute approximate surface area is 146 Å². The number of hydrogen-bond donors (Lipinski definition) is 2. The Bertz CT molecular complexity index is 631. The second-order valence-corrected chi connectivity index (χ2v) is 6.53. The first kappa shape index (κ1) is 17.9. The fraction of sp³-hybridized carbons (Fsp3) is 0.278. The van der Waals surface area contributed by atoms with Crippen molar-refractivity contribution in [1.82, 2.24) is 5.32 Å². The summed E-state index contributed by atoms with van der Waals surface area (Å²) in [5.41, 5.74) is 3.15. The number of carbonyl (C=O) groups excluding carboxylic acids is 1. The van der Waals surface area contributed by atoms with Gasteiger partial charge in [0.1, 0.15) is 0 Å². The lowest BCUT2D eigenvalue weighted by molar-refractivity contribution is -0.113. The summed E-state index contributed by atoms with van der Waals surface area (Å²) in [6.07, 6.45) is 0. The van der Waals surface area contributed by atoms with E-state index in [1.165, 1.54) is 5.56 Å². The Balaban J connectivity index is 1.81. The Morgan fingerprint density at radius 1 is 1.13 bits per heavy atom. The van der Waals surface area contributed by atoms with Crippen molar-refractivity contribution in [2.75, 3.05) is 17.6 Å². The number of hydrogen-bond acceptors (Lipinski definition) is 3. The molecule has 23 heavy (non-hydrogen) atoms. The van der Waals surface area contributed by atoms with E-state index in [-0.39, 0.29) is 5.91 Å². The molecule has 2 N–H and O–H groups in total. The molecular weight excluding hydrogens is 328 g/mol. The smallest absolute Gasteiger partial charge is 0.234 e. The van der Waals surface area contributed by atoms with Crippen LogP contribution in [0.3, 0.4) is 0 Å². The summed E-state index contributed by atoms with van der Waals surface area (Å²) in [6, 6.07) is 15.6. The molecule has 2 aromatic carbocycles. The zero-order chi connectivity index (χ0) is 16.5. The van der Waals surface area contributed by atoms with Gasteiger partial charge in [-0.15, -0.1) is 11.8 Å². The van der Waals surface area contributed by atoms with Gasteiger partial charge in [-0.3, -0.25) is 4.79 Å². The van der Waals surface area contributed by atoms with E-state index < -0.39 is 0 Å². The van der Waals surface area contributed by atoms with E-state index >= 15 is 0 Å². The van der Waals surface area contributed by atoms with Crippen LogP contribution in [-0.2, 0) is 17.1 Å². The summed E-state index contributed by atoms with van der Waals surface area (Å²) in [5.74, 6) is 1.25. The zero-order valence-corrected chi connectivity index (χ0v) is 14.7. The van der Waals surface area contributed by atoms with Crippen LogP contribution in [0, 0.1) is 0 Å². The lowest BCUT2D eigenvalue weighted by Gasteiger charge is -2.11. The standard InChI is InChI=1S/C18H21ClN2OS/c1-2-20-11-15-5-3-4-6-17(15)21-18(22)13-23-12-14-7-9-16(19)10-8-14/h3-10,20H,2,11-13H2,1H3,(H,21,22). The lowest BCUT2D eigenvalue weighted by atomic mass is 10.1. The quantitative estimate of drug-likeness (QED) is 0.746. The third kappa shape index (κ3) is 6.26. The molecule has 0 bridgehead atoms. The molecule has 0 atom stereocenters. The number of thioether (sulfide) groups is 1. The minimum Gasteiger partial charge on any atom is -0.325 e. The van der Waals surface area contributed by atoms with Crippen LogP contribution in [0.4, 0.5) is 5.69 Å². The van der Waals surface area contributed by atoms with E-state index in [9.17, 15) is 4.79 Å². The Kier molecular flexibility index (Phi) is 7.46. The fourth-order valence-electron chi connectivity index (χ4n) is 2.08. The molecule has 0 saturated carbocycles. The van der Waals surface area contributed by atoms with Gasteiger partial charge in [-0.05, 0) is 35.9 Å². The summed E-state index contributed by atoms with van der Waals surface area (Å²) in [4.78, 5) is 12.1. The van der Waals surface area contributed by atoms with Gasteiger partial charge in [0.2, 0.25) is 5.91 Å². The van der Waals surface area contributed by atoms with Crippen LogP contribution < -0.4 is 10.6 Å². The van der Waals surface area contributed by atoms with Crippen molar-refractivity contribution in [2.24, 2.45) is 0 Å². The molecule has 5 heteroatoms. The van der Waals surface area contributed by atoms with Crippen molar-refractivity contribution >= 4 is 35.0 Å². The maximum absolute atomic E-state index is 12.1. The van der Waals surface area contributed by atoms with Crippen LogP contribution in [-0.4, -0.2) is 18.2 Å². The molecule has 0 radical (unpaired) electrons. The molecule has 0 aromatic heterocycles. The number of benzene rings is 2. The Morgan fingerprint density at radius 3 is 2.61 bits per heavy atom. The van der Waals surface area contributed by atoms with Crippen molar-refractivity contribution in [1.29, 1.82) is 0 Å². The molecule has 0 fully saturated rings. The van der Waals surface area contributed by atoms with Crippen LogP contribution in [0.15, 0.2) is 48.5 Å². The number of para-hydroxylation sites is 1. The number of amides is 1. The third-order valence-corrected chi connectivity index (χ3v) is 4.53. The molecule has 0 unspecified atom stereocenters. The average Bonchev–Trinajstić information content (AvgIpc) is 2.56. The van der Waals surface area contributed by atoms with Crippen LogP contribution >= 0.6 is 23.4 Å². The predicted molar refractivity (Wildman–Crippen MR) is 100 cm³/mol. The predicted octanol–water partition coefficient (Wildman–Crippen LogP) is 4.32. The number of rotatable bonds is 8. The van der Waals surface area contributed by atoms with Crippen molar-refractivity contribution < 1.29 is 4.79 Å². The largest absolute Gasteiger partial charge is 0.325 e.